The molecule has 1 amide bonds. The monoisotopic (exact) mass is 920 g/mol. The third-order valence-corrected chi connectivity index (χ3v) is 14.2. The fourth-order valence-corrected chi connectivity index (χ4v) is 9.58. The molecule has 0 aromatic rings. The van der Waals surface area contributed by atoms with Crippen LogP contribution in [-0.2, 0) is 4.79 Å². The van der Waals surface area contributed by atoms with Gasteiger partial charge in [-0.15, -0.1) is 0 Å². The molecule has 0 aromatic heterocycles. The summed E-state index contributed by atoms with van der Waals surface area (Å²) in [6.07, 6.45) is 64.5. The molecule has 0 aromatic carbocycles. The third kappa shape index (κ3) is 47.9. The number of unbranched alkanes of at least 4 members (excludes halogenated alkanes) is 44. The van der Waals surface area contributed by atoms with Crippen LogP contribution in [-0.4, -0.2) is 57.3 Å². The molecule has 0 aliphatic carbocycles. The average molecular weight is 921 g/mol. The molecule has 6 heteroatoms. The Balaban J connectivity index is 3.50. The number of hydrogen-bond donors (Lipinski definition) is 5. The van der Waals surface area contributed by atoms with E-state index in [9.17, 15) is 25.2 Å². The zero-order chi connectivity index (χ0) is 47.4. The lowest BCUT2D eigenvalue weighted by Crippen LogP contribution is -2.53. The van der Waals surface area contributed by atoms with Crippen molar-refractivity contribution >= 4 is 5.91 Å². The van der Waals surface area contributed by atoms with Gasteiger partial charge in [-0.05, 0) is 38.5 Å². The van der Waals surface area contributed by atoms with Gasteiger partial charge in [-0.25, -0.2) is 0 Å². The van der Waals surface area contributed by atoms with Gasteiger partial charge in [-0.2, -0.15) is 0 Å². The maximum absolute atomic E-state index is 12.6. The molecular formula is C59H117NO5. The Morgan fingerprint density at radius 2 is 0.615 bits per heavy atom. The minimum Gasteiger partial charge on any atom is -0.394 e. The number of rotatable bonds is 55. The highest BCUT2D eigenvalue weighted by Crippen LogP contribution is 2.18. The third-order valence-electron chi connectivity index (χ3n) is 14.2. The van der Waals surface area contributed by atoms with E-state index in [0.29, 0.717) is 12.8 Å². The van der Waals surface area contributed by atoms with Crippen LogP contribution >= 0.6 is 0 Å². The summed E-state index contributed by atoms with van der Waals surface area (Å²) in [4.78, 5) is 12.6. The number of aliphatic hydroxyl groups is 4. The SMILES string of the molecule is CCCCCCCCCCCCCCCCCC/C=C\CCCCCCCCCCCCCCCCCCC(O)C(=O)NC(CO)C(O)C(O)CCCCCCCCCCCCCCC. The molecule has 65 heavy (non-hydrogen) atoms. The molecule has 6 nitrogen and oxygen atoms in total. The van der Waals surface area contributed by atoms with Crippen LogP contribution in [0.4, 0.5) is 0 Å². The topological polar surface area (TPSA) is 110 Å². The molecule has 0 heterocycles. The van der Waals surface area contributed by atoms with Crippen LogP contribution < -0.4 is 5.32 Å². The minimum atomic E-state index is -1.26. The maximum atomic E-state index is 12.6. The minimum absolute atomic E-state index is 0.374. The Morgan fingerprint density at radius 1 is 0.369 bits per heavy atom. The number of nitrogens with one attached hydrogen (secondary N) is 1. The molecule has 0 saturated carbocycles. The summed E-state index contributed by atoms with van der Waals surface area (Å²) in [6.45, 7) is 4.08. The quantitative estimate of drug-likeness (QED) is 0.0308. The molecule has 5 N–H and O–H groups in total. The van der Waals surface area contributed by atoms with Crippen LogP contribution in [0.5, 0.6) is 0 Å². The Kier molecular flexibility index (Phi) is 53.2. The van der Waals surface area contributed by atoms with Crippen molar-refractivity contribution in [2.75, 3.05) is 6.61 Å². The fraction of sp³-hybridized carbons (Fsp3) is 0.949. The number of carbonyl (C=O) groups is 1. The highest BCUT2D eigenvalue weighted by Gasteiger charge is 2.28. The smallest absolute Gasteiger partial charge is 0.249 e. The molecule has 0 aliphatic heterocycles. The van der Waals surface area contributed by atoms with E-state index in [1.807, 2.05) is 0 Å². The highest BCUT2D eigenvalue weighted by molar-refractivity contribution is 5.80. The maximum Gasteiger partial charge on any atom is 0.249 e. The van der Waals surface area contributed by atoms with Crippen LogP contribution in [0, 0.1) is 0 Å². The molecule has 0 aliphatic rings. The summed E-state index contributed by atoms with van der Waals surface area (Å²) in [6, 6.07) is -0.981. The molecule has 0 fully saturated rings. The molecule has 0 saturated heterocycles. The Hall–Kier alpha value is -0.950. The predicted octanol–water partition coefficient (Wildman–Crippen LogP) is 17.3. The molecule has 4 atom stereocenters. The number of amides is 1. The molecule has 388 valence electrons. The van der Waals surface area contributed by atoms with Crippen LogP contribution in [0.15, 0.2) is 12.2 Å². The zero-order valence-corrected chi connectivity index (χ0v) is 44.0. The van der Waals surface area contributed by atoms with Crippen molar-refractivity contribution in [1.29, 1.82) is 0 Å². The van der Waals surface area contributed by atoms with Crippen molar-refractivity contribution in [2.45, 2.75) is 353 Å². The van der Waals surface area contributed by atoms with E-state index in [0.717, 1.165) is 38.5 Å². The lowest BCUT2D eigenvalue weighted by atomic mass is 9.99. The van der Waals surface area contributed by atoms with Crippen molar-refractivity contribution in [1.82, 2.24) is 5.32 Å². The Bertz CT molecular complexity index is 944. The summed E-state index contributed by atoms with van der Waals surface area (Å²) >= 11 is 0. The normalized spacial score (nSPS) is 13.8. The van der Waals surface area contributed by atoms with Crippen LogP contribution in [0.25, 0.3) is 0 Å². The highest BCUT2D eigenvalue weighted by atomic mass is 16.3. The van der Waals surface area contributed by atoms with Crippen molar-refractivity contribution in [3.05, 3.63) is 12.2 Å². The van der Waals surface area contributed by atoms with Crippen LogP contribution in [0.1, 0.15) is 328 Å². The van der Waals surface area contributed by atoms with Crippen molar-refractivity contribution < 1.29 is 25.2 Å². The number of allylic oxidation sites excluding steroid dienone is 2. The van der Waals surface area contributed by atoms with Gasteiger partial charge in [0.2, 0.25) is 5.91 Å². The zero-order valence-electron chi connectivity index (χ0n) is 44.0. The second-order valence-electron chi connectivity index (χ2n) is 20.7. The summed E-state index contributed by atoms with van der Waals surface area (Å²) in [7, 11) is 0. The lowest BCUT2D eigenvalue weighted by Gasteiger charge is -2.27. The lowest BCUT2D eigenvalue weighted by molar-refractivity contribution is -0.132. The van der Waals surface area contributed by atoms with E-state index in [4.69, 9.17) is 0 Å². The van der Waals surface area contributed by atoms with Crippen LogP contribution in [0.2, 0.25) is 0 Å². The standard InChI is InChI=1S/C59H117NO5/c1-3-5-7-9-11-13-15-17-18-19-20-21-22-23-24-25-26-27-28-29-30-31-32-33-34-35-36-37-38-39-41-43-45-47-49-51-53-57(63)59(65)60-55(54-61)58(64)56(62)52-50-48-46-44-42-40-16-14-12-10-8-6-4-2/h27-28,55-58,61-64H,3-26,29-54H2,1-2H3,(H,60,65)/b28-27-. The first-order chi connectivity index (χ1) is 32.0. The van der Waals surface area contributed by atoms with Gasteiger partial charge in [0, 0.05) is 0 Å². The van der Waals surface area contributed by atoms with Gasteiger partial charge >= 0.3 is 0 Å². The number of hydrogen-bond acceptors (Lipinski definition) is 5. The number of aliphatic hydroxyl groups excluding tert-OH is 4. The Labute approximate surface area is 406 Å². The molecule has 0 bridgehead atoms. The van der Waals surface area contributed by atoms with Gasteiger partial charge in [-0.3, -0.25) is 4.79 Å². The molecule has 4 unspecified atom stereocenters. The summed E-state index contributed by atoms with van der Waals surface area (Å²) < 4.78 is 0. The molecule has 0 spiro atoms. The van der Waals surface area contributed by atoms with Gasteiger partial charge in [0.25, 0.3) is 0 Å². The van der Waals surface area contributed by atoms with E-state index < -0.39 is 36.9 Å². The van der Waals surface area contributed by atoms with Crippen LogP contribution in [0.3, 0.4) is 0 Å². The van der Waals surface area contributed by atoms with Gasteiger partial charge in [0.05, 0.1) is 18.8 Å². The fourth-order valence-electron chi connectivity index (χ4n) is 9.58. The van der Waals surface area contributed by atoms with Gasteiger partial charge in [0.15, 0.2) is 0 Å². The van der Waals surface area contributed by atoms with Crippen molar-refractivity contribution in [3.8, 4) is 0 Å². The first kappa shape index (κ1) is 64.0. The Morgan fingerprint density at radius 3 is 0.892 bits per heavy atom. The van der Waals surface area contributed by atoms with E-state index in [-0.39, 0.29) is 0 Å². The number of carbonyl (C=O) groups excluding carboxylic acids is 1. The summed E-state index contributed by atoms with van der Waals surface area (Å²) in [5.41, 5.74) is 0. The molecule has 0 radical (unpaired) electrons. The first-order valence-corrected chi connectivity index (χ1v) is 29.6. The van der Waals surface area contributed by atoms with E-state index in [1.165, 1.54) is 263 Å². The molecule has 0 rings (SSSR count). The predicted molar refractivity (Wildman–Crippen MR) is 284 cm³/mol. The summed E-state index contributed by atoms with van der Waals surface area (Å²) in [5.74, 6) is -0.578. The van der Waals surface area contributed by atoms with Crippen molar-refractivity contribution in [3.63, 3.8) is 0 Å². The van der Waals surface area contributed by atoms with E-state index >= 15 is 0 Å². The van der Waals surface area contributed by atoms with Gasteiger partial charge in [-0.1, -0.05) is 302 Å². The van der Waals surface area contributed by atoms with E-state index in [2.05, 4.69) is 31.3 Å². The van der Waals surface area contributed by atoms with Gasteiger partial charge < -0.3 is 25.7 Å². The second-order valence-corrected chi connectivity index (χ2v) is 20.7. The average Bonchev–Trinajstić information content (AvgIpc) is 3.31. The van der Waals surface area contributed by atoms with E-state index in [1.54, 1.807) is 0 Å². The van der Waals surface area contributed by atoms with Gasteiger partial charge in [0.1, 0.15) is 12.2 Å². The largest absolute Gasteiger partial charge is 0.394 e. The second kappa shape index (κ2) is 54.0. The van der Waals surface area contributed by atoms with Crippen molar-refractivity contribution in [2.24, 2.45) is 0 Å². The molecular weight excluding hydrogens is 803 g/mol. The first-order valence-electron chi connectivity index (χ1n) is 29.6. The summed E-state index contributed by atoms with van der Waals surface area (Å²) in [5, 5.41) is 43.9.